The monoisotopic (exact) mass is 440 g/mol. The minimum Gasteiger partial charge on any atom is -0.506 e. The highest BCUT2D eigenvalue weighted by Crippen LogP contribution is 2.43. The molecule has 172 valence electrons. The Labute approximate surface area is 188 Å². The zero-order valence-electron chi connectivity index (χ0n) is 19.3. The normalized spacial score (nSPS) is 23.1. The number of nitrogens with zero attached hydrogens (tertiary/aromatic N) is 3. The minimum atomic E-state index is -1.02. The molecule has 2 aliphatic rings. The van der Waals surface area contributed by atoms with E-state index in [2.05, 4.69) is 36.4 Å². The van der Waals surface area contributed by atoms with Crippen molar-refractivity contribution in [3.8, 4) is 5.75 Å². The van der Waals surface area contributed by atoms with Crippen molar-refractivity contribution in [2.75, 3.05) is 5.43 Å². The van der Waals surface area contributed by atoms with Gasteiger partial charge in [0.05, 0.1) is 17.4 Å². The van der Waals surface area contributed by atoms with Crippen molar-refractivity contribution >= 4 is 35.1 Å². The van der Waals surface area contributed by atoms with E-state index < -0.39 is 5.97 Å². The van der Waals surface area contributed by atoms with Crippen molar-refractivity contribution < 1.29 is 19.8 Å². The van der Waals surface area contributed by atoms with Gasteiger partial charge < -0.3 is 10.2 Å². The van der Waals surface area contributed by atoms with E-state index in [1.807, 2.05) is 0 Å². The Morgan fingerprint density at radius 2 is 2.09 bits per heavy atom. The Morgan fingerprint density at radius 3 is 2.72 bits per heavy atom. The number of hydrazone groups is 2. The van der Waals surface area contributed by atoms with Crippen molar-refractivity contribution in [3.63, 3.8) is 0 Å². The first kappa shape index (κ1) is 23.5. The Bertz CT molecular complexity index is 1010. The number of anilines is 1. The molecule has 2 unspecified atom stereocenters. The predicted molar refractivity (Wildman–Crippen MR) is 126 cm³/mol. The number of carbonyl (C=O) groups excluding carboxylic acids is 1. The molecule has 8 nitrogen and oxygen atoms in total. The number of rotatable bonds is 7. The number of phenols is 1. The molecule has 0 spiro atoms. The fourth-order valence-electron chi connectivity index (χ4n) is 4.23. The molecular formula is C24H32N4O4. The van der Waals surface area contributed by atoms with Crippen LogP contribution in [0.15, 0.2) is 34.0 Å². The maximum atomic E-state index is 13.0. The highest BCUT2D eigenvalue weighted by Gasteiger charge is 2.42. The van der Waals surface area contributed by atoms with Gasteiger partial charge in [0.15, 0.2) is 5.71 Å². The molecule has 1 saturated carbocycles. The van der Waals surface area contributed by atoms with Gasteiger partial charge in [0.2, 0.25) is 0 Å². The summed E-state index contributed by atoms with van der Waals surface area (Å²) < 4.78 is 0. The van der Waals surface area contributed by atoms with Gasteiger partial charge in [0.1, 0.15) is 5.75 Å². The zero-order chi connectivity index (χ0) is 23.6. The first-order valence-electron chi connectivity index (χ1n) is 11.0. The van der Waals surface area contributed by atoms with Crippen LogP contribution in [0, 0.1) is 11.3 Å². The summed E-state index contributed by atoms with van der Waals surface area (Å²) in [7, 11) is 0. The van der Waals surface area contributed by atoms with Gasteiger partial charge in [-0.3, -0.25) is 10.2 Å². The van der Waals surface area contributed by atoms with E-state index in [9.17, 15) is 14.7 Å². The maximum Gasteiger partial charge on any atom is 0.331 e. The summed E-state index contributed by atoms with van der Waals surface area (Å²) in [6.07, 6.45) is 5.52. The zero-order valence-corrected chi connectivity index (χ0v) is 19.3. The number of phenolic OH excluding ortho intramolecular Hbond substituents is 1. The fourth-order valence-corrected chi connectivity index (χ4v) is 4.23. The average Bonchev–Trinajstić information content (AvgIpc) is 3.33. The molecule has 1 heterocycles. The summed E-state index contributed by atoms with van der Waals surface area (Å²) in [6.45, 7) is 10.0. The van der Waals surface area contributed by atoms with Crippen LogP contribution in [0.5, 0.6) is 5.75 Å². The number of benzene rings is 1. The molecule has 0 radical (unpaired) electrons. The standard InChI is InChI=1S/C24H32N4O4/c1-6-24(4,5)17-8-9-18(13-17)28-22(30)21(15(3)27-28)26-25-19-10-7-16(12-20(19)29)11-14(2)23(31)32/h7,10-12,17-18,25,29H,6,8-9,13H2,1-5H3,(H,31,32)/b14-11+,26-21-. The molecular weight excluding hydrogens is 408 g/mol. The SMILES string of the molecule is CCC(C)(C)C1CCC(N2N=C(C)/C(=N/Nc3ccc(/C=C(\C)C(=O)O)cc3O)C2=O)C1. The molecule has 3 rings (SSSR count). The van der Waals surface area contributed by atoms with Crippen LogP contribution in [-0.2, 0) is 9.59 Å². The van der Waals surface area contributed by atoms with Crippen molar-refractivity contribution in [2.45, 2.75) is 66.3 Å². The van der Waals surface area contributed by atoms with Crippen molar-refractivity contribution in [3.05, 3.63) is 29.3 Å². The number of carboxylic acid groups (broad SMARTS) is 1. The summed E-state index contributed by atoms with van der Waals surface area (Å²) in [5.74, 6) is -0.789. The second-order valence-electron chi connectivity index (χ2n) is 9.32. The number of hydrogen-bond donors (Lipinski definition) is 3. The summed E-state index contributed by atoms with van der Waals surface area (Å²) in [4.78, 5) is 24.0. The van der Waals surface area contributed by atoms with Crippen LogP contribution in [0.3, 0.4) is 0 Å². The van der Waals surface area contributed by atoms with Gasteiger partial charge in [-0.15, -0.1) is 0 Å². The van der Waals surface area contributed by atoms with Crippen molar-refractivity contribution in [2.24, 2.45) is 21.5 Å². The molecule has 1 aromatic carbocycles. The van der Waals surface area contributed by atoms with Gasteiger partial charge in [-0.05, 0) is 68.2 Å². The van der Waals surface area contributed by atoms with Crippen LogP contribution >= 0.6 is 0 Å². The number of nitrogens with one attached hydrogen (secondary N) is 1. The summed E-state index contributed by atoms with van der Waals surface area (Å²) >= 11 is 0. The van der Waals surface area contributed by atoms with Crippen LogP contribution in [-0.4, -0.2) is 44.6 Å². The second kappa shape index (κ2) is 9.14. The Balaban J connectivity index is 1.70. The lowest BCUT2D eigenvalue weighted by atomic mass is 9.76. The first-order chi connectivity index (χ1) is 15.0. The molecule has 1 aliphatic heterocycles. The second-order valence-corrected chi connectivity index (χ2v) is 9.32. The van der Waals surface area contributed by atoms with Crippen molar-refractivity contribution in [1.29, 1.82) is 0 Å². The third-order valence-electron chi connectivity index (χ3n) is 6.81. The number of hydrogen-bond acceptors (Lipinski definition) is 6. The molecule has 1 fully saturated rings. The van der Waals surface area contributed by atoms with E-state index in [0.29, 0.717) is 22.9 Å². The third-order valence-corrected chi connectivity index (χ3v) is 6.81. The van der Waals surface area contributed by atoms with Gasteiger partial charge in [-0.25, -0.2) is 9.80 Å². The van der Waals surface area contributed by atoms with Crippen LogP contribution < -0.4 is 5.43 Å². The van der Waals surface area contributed by atoms with Crippen LogP contribution in [0.25, 0.3) is 6.08 Å². The molecule has 1 aromatic rings. The first-order valence-corrected chi connectivity index (χ1v) is 11.0. The van der Waals surface area contributed by atoms with E-state index in [4.69, 9.17) is 5.11 Å². The average molecular weight is 441 g/mol. The Morgan fingerprint density at radius 1 is 1.38 bits per heavy atom. The van der Waals surface area contributed by atoms with Crippen molar-refractivity contribution in [1.82, 2.24) is 5.01 Å². The number of carboxylic acids is 1. The van der Waals surface area contributed by atoms with E-state index in [1.54, 1.807) is 24.1 Å². The lowest BCUT2D eigenvalue weighted by molar-refractivity contribution is -0.132. The smallest absolute Gasteiger partial charge is 0.331 e. The van der Waals surface area contributed by atoms with Crippen LogP contribution in [0.4, 0.5) is 5.69 Å². The fraction of sp³-hybridized carbons (Fsp3) is 0.500. The molecule has 0 aromatic heterocycles. The molecule has 2 atom stereocenters. The predicted octanol–water partition coefficient (Wildman–Crippen LogP) is 4.47. The third kappa shape index (κ3) is 4.84. The summed E-state index contributed by atoms with van der Waals surface area (Å²) in [6, 6.07) is 4.76. The van der Waals surface area contributed by atoms with Crippen LogP contribution in [0.2, 0.25) is 0 Å². The highest BCUT2D eigenvalue weighted by molar-refractivity contribution is 6.68. The molecule has 3 N–H and O–H groups in total. The lowest BCUT2D eigenvalue weighted by Gasteiger charge is -2.31. The van der Waals surface area contributed by atoms with Gasteiger partial charge in [-0.2, -0.15) is 10.2 Å². The van der Waals surface area contributed by atoms with E-state index >= 15 is 0 Å². The topological polar surface area (TPSA) is 115 Å². The van der Waals surface area contributed by atoms with Gasteiger partial charge in [0, 0.05) is 5.57 Å². The lowest BCUT2D eigenvalue weighted by Crippen LogP contribution is -2.35. The number of carbonyl (C=O) groups is 2. The largest absolute Gasteiger partial charge is 0.506 e. The number of aliphatic carboxylic acids is 1. The summed E-state index contributed by atoms with van der Waals surface area (Å²) in [5.41, 5.74) is 4.78. The van der Waals surface area contributed by atoms with Gasteiger partial charge in [-0.1, -0.05) is 33.3 Å². The van der Waals surface area contributed by atoms with E-state index in [0.717, 1.165) is 25.7 Å². The minimum absolute atomic E-state index is 0.0814. The molecule has 0 saturated heterocycles. The summed E-state index contributed by atoms with van der Waals surface area (Å²) in [5, 5.41) is 29.5. The number of amides is 1. The molecule has 1 aliphatic carbocycles. The van der Waals surface area contributed by atoms with Crippen LogP contribution in [0.1, 0.15) is 65.9 Å². The molecule has 8 heteroatoms. The quantitative estimate of drug-likeness (QED) is 0.329. The molecule has 32 heavy (non-hydrogen) atoms. The van der Waals surface area contributed by atoms with E-state index in [-0.39, 0.29) is 34.4 Å². The van der Waals surface area contributed by atoms with Gasteiger partial charge in [0.25, 0.3) is 5.91 Å². The Hall–Kier alpha value is -3.16. The number of aromatic hydroxyl groups is 1. The van der Waals surface area contributed by atoms with Gasteiger partial charge >= 0.3 is 5.97 Å². The molecule has 1 amide bonds. The molecule has 0 bridgehead atoms. The highest BCUT2D eigenvalue weighted by atomic mass is 16.4. The Kier molecular flexibility index (Phi) is 6.71. The maximum absolute atomic E-state index is 13.0. The van der Waals surface area contributed by atoms with E-state index in [1.165, 1.54) is 19.1 Å².